The van der Waals surface area contributed by atoms with Crippen molar-refractivity contribution < 1.29 is 8.78 Å². The predicted octanol–water partition coefficient (Wildman–Crippen LogP) is 2.84. The van der Waals surface area contributed by atoms with Gasteiger partial charge in [-0.3, -0.25) is 0 Å². The summed E-state index contributed by atoms with van der Waals surface area (Å²) in [5, 5.41) is 0. The minimum Gasteiger partial charge on any atom is -0.324 e. The van der Waals surface area contributed by atoms with E-state index in [2.05, 4.69) is 11.9 Å². The Labute approximate surface area is 112 Å². The topological polar surface area (TPSA) is 29.3 Å². The van der Waals surface area contributed by atoms with Crippen LogP contribution in [0.25, 0.3) is 0 Å². The number of benzene rings is 1. The molecule has 0 amide bonds. The van der Waals surface area contributed by atoms with Crippen molar-refractivity contribution >= 4 is 0 Å². The van der Waals surface area contributed by atoms with Crippen molar-refractivity contribution in [3.05, 3.63) is 35.4 Å². The Bertz CT molecular complexity index is 463. The van der Waals surface area contributed by atoms with Crippen LogP contribution in [0.5, 0.6) is 0 Å². The third-order valence-corrected chi connectivity index (χ3v) is 4.96. The summed E-state index contributed by atoms with van der Waals surface area (Å²) < 4.78 is 27.1. The Balaban J connectivity index is 1.81. The summed E-state index contributed by atoms with van der Waals surface area (Å²) in [4.78, 5) is 2.42. The van der Waals surface area contributed by atoms with Crippen LogP contribution in [0.3, 0.4) is 0 Å². The summed E-state index contributed by atoms with van der Waals surface area (Å²) >= 11 is 0. The first-order valence-corrected chi connectivity index (χ1v) is 6.98. The van der Waals surface area contributed by atoms with Crippen molar-refractivity contribution in [2.45, 2.75) is 43.8 Å². The number of nitrogens with zero attached hydrogens (tertiary/aromatic N) is 1. The molecular weight excluding hydrogens is 246 g/mol. The molecule has 0 saturated carbocycles. The highest BCUT2D eigenvalue weighted by Gasteiger charge is 2.40. The van der Waals surface area contributed by atoms with Gasteiger partial charge in [-0.1, -0.05) is 0 Å². The van der Waals surface area contributed by atoms with E-state index in [-0.39, 0.29) is 11.7 Å². The third-order valence-electron chi connectivity index (χ3n) is 4.96. The molecule has 3 unspecified atom stereocenters. The molecule has 2 fully saturated rings. The first-order chi connectivity index (χ1) is 9.06. The molecule has 1 aromatic rings. The van der Waals surface area contributed by atoms with E-state index in [4.69, 9.17) is 5.73 Å². The lowest BCUT2D eigenvalue weighted by molar-refractivity contribution is 0.120. The molecule has 3 rings (SSSR count). The summed E-state index contributed by atoms with van der Waals surface area (Å²) in [6, 6.07) is 4.29. The smallest absolute Gasteiger partial charge is 0.128 e. The van der Waals surface area contributed by atoms with Crippen LogP contribution < -0.4 is 5.73 Å². The van der Waals surface area contributed by atoms with Gasteiger partial charge >= 0.3 is 0 Å². The number of piperidine rings is 1. The quantitative estimate of drug-likeness (QED) is 0.892. The minimum atomic E-state index is -0.414. The number of fused-ring (bicyclic) bond motifs is 2. The molecule has 19 heavy (non-hydrogen) atoms. The first kappa shape index (κ1) is 13.0. The average Bonchev–Trinajstić information content (AvgIpc) is 2.64. The van der Waals surface area contributed by atoms with Gasteiger partial charge in [-0.25, -0.2) is 8.78 Å². The van der Waals surface area contributed by atoms with Gasteiger partial charge in [-0.05, 0) is 56.8 Å². The molecule has 0 spiro atoms. The summed E-state index contributed by atoms with van der Waals surface area (Å²) in [6.45, 7) is 0. The van der Waals surface area contributed by atoms with E-state index in [1.807, 2.05) is 0 Å². The lowest BCUT2D eigenvalue weighted by Gasteiger charge is -2.38. The van der Waals surface area contributed by atoms with Gasteiger partial charge in [0.25, 0.3) is 0 Å². The Morgan fingerprint density at radius 3 is 2.47 bits per heavy atom. The Hall–Kier alpha value is -1.00. The van der Waals surface area contributed by atoms with Gasteiger partial charge in [0.2, 0.25) is 0 Å². The molecule has 1 aromatic carbocycles. The molecule has 3 atom stereocenters. The zero-order valence-electron chi connectivity index (χ0n) is 11.2. The van der Waals surface area contributed by atoms with Crippen molar-refractivity contribution in [2.75, 3.05) is 7.05 Å². The summed E-state index contributed by atoms with van der Waals surface area (Å²) in [7, 11) is 2.16. The maximum absolute atomic E-state index is 13.8. The van der Waals surface area contributed by atoms with Crippen LogP contribution in [0.4, 0.5) is 8.78 Å². The lowest BCUT2D eigenvalue weighted by atomic mass is 9.82. The molecule has 4 heteroatoms. The fraction of sp³-hybridized carbons (Fsp3) is 0.600. The average molecular weight is 266 g/mol. The largest absolute Gasteiger partial charge is 0.324 e. The van der Waals surface area contributed by atoms with Crippen molar-refractivity contribution in [1.82, 2.24) is 4.90 Å². The molecule has 2 bridgehead atoms. The molecule has 2 aliphatic heterocycles. The van der Waals surface area contributed by atoms with E-state index in [0.29, 0.717) is 17.6 Å². The van der Waals surface area contributed by atoms with E-state index in [0.717, 1.165) is 18.9 Å². The maximum Gasteiger partial charge on any atom is 0.128 e. The number of rotatable bonds is 2. The molecule has 2 saturated heterocycles. The van der Waals surface area contributed by atoms with E-state index < -0.39 is 11.9 Å². The second-order valence-electron chi connectivity index (χ2n) is 5.97. The Kier molecular flexibility index (Phi) is 3.31. The number of nitrogens with two attached hydrogens (primary N) is 1. The van der Waals surface area contributed by atoms with E-state index in [1.165, 1.54) is 25.0 Å². The van der Waals surface area contributed by atoms with Gasteiger partial charge in [0.15, 0.2) is 0 Å². The first-order valence-electron chi connectivity index (χ1n) is 6.98. The van der Waals surface area contributed by atoms with Crippen molar-refractivity contribution in [3.63, 3.8) is 0 Å². The van der Waals surface area contributed by atoms with Gasteiger partial charge < -0.3 is 10.6 Å². The molecular formula is C15H20F2N2. The predicted molar refractivity (Wildman–Crippen MR) is 70.6 cm³/mol. The number of hydrogen-bond acceptors (Lipinski definition) is 2. The maximum atomic E-state index is 13.8. The fourth-order valence-electron chi connectivity index (χ4n) is 3.77. The van der Waals surface area contributed by atoms with Gasteiger partial charge in [-0.2, -0.15) is 0 Å². The SMILES string of the molecule is CN1C2CCC1CC(C(N)c1cc(F)ccc1F)C2. The van der Waals surface area contributed by atoms with Gasteiger partial charge in [-0.15, -0.1) is 0 Å². The van der Waals surface area contributed by atoms with E-state index in [1.54, 1.807) is 0 Å². The Morgan fingerprint density at radius 2 is 1.84 bits per heavy atom. The van der Waals surface area contributed by atoms with Crippen molar-refractivity contribution in [3.8, 4) is 0 Å². The molecule has 0 aromatic heterocycles. The minimum absolute atomic E-state index is 0.255. The molecule has 104 valence electrons. The molecule has 0 aliphatic carbocycles. The summed E-state index contributed by atoms with van der Waals surface area (Å²) in [6.07, 6.45) is 4.39. The van der Waals surface area contributed by atoms with Crippen molar-refractivity contribution in [2.24, 2.45) is 11.7 Å². The van der Waals surface area contributed by atoms with Crippen LogP contribution in [0.2, 0.25) is 0 Å². The normalized spacial score (nSPS) is 32.5. The third kappa shape index (κ3) is 2.28. The zero-order chi connectivity index (χ0) is 13.6. The number of halogens is 2. The van der Waals surface area contributed by atoms with Crippen LogP contribution in [-0.2, 0) is 0 Å². The van der Waals surface area contributed by atoms with Crippen LogP contribution in [0, 0.1) is 17.6 Å². The molecule has 2 nitrogen and oxygen atoms in total. The van der Waals surface area contributed by atoms with Crippen LogP contribution in [-0.4, -0.2) is 24.0 Å². The van der Waals surface area contributed by atoms with Gasteiger partial charge in [0.1, 0.15) is 11.6 Å². The Morgan fingerprint density at radius 1 is 1.21 bits per heavy atom. The van der Waals surface area contributed by atoms with E-state index in [9.17, 15) is 8.78 Å². The molecule has 0 radical (unpaired) electrons. The van der Waals surface area contributed by atoms with Crippen LogP contribution in [0.1, 0.15) is 37.3 Å². The molecule has 2 N–H and O–H groups in total. The highest BCUT2D eigenvalue weighted by molar-refractivity contribution is 5.23. The zero-order valence-corrected chi connectivity index (χ0v) is 11.2. The van der Waals surface area contributed by atoms with Gasteiger partial charge in [0, 0.05) is 23.7 Å². The van der Waals surface area contributed by atoms with Crippen molar-refractivity contribution in [1.29, 1.82) is 0 Å². The van der Waals surface area contributed by atoms with Gasteiger partial charge in [0.05, 0.1) is 0 Å². The van der Waals surface area contributed by atoms with E-state index >= 15 is 0 Å². The second-order valence-corrected chi connectivity index (χ2v) is 5.97. The molecule has 2 aliphatic rings. The highest BCUT2D eigenvalue weighted by atomic mass is 19.1. The van der Waals surface area contributed by atoms with Crippen LogP contribution in [0.15, 0.2) is 18.2 Å². The molecule has 2 heterocycles. The summed E-state index contributed by atoms with van der Waals surface area (Å²) in [5.74, 6) is -0.548. The fourth-order valence-corrected chi connectivity index (χ4v) is 3.77. The standard InChI is InChI=1S/C15H20F2N2/c1-19-11-3-4-12(19)7-9(6-11)15(18)13-8-10(16)2-5-14(13)17/h2,5,8-9,11-12,15H,3-4,6-7,18H2,1H3. The summed E-state index contributed by atoms with van der Waals surface area (Å²) in [5.41, 5.74) is 6.54. The second kappa shape index (κ2) is 4.84. The van der Waals surface area contributed by atoms with Crippen LogP contribution >= 0.6 is 0 Å². The highest BCUT2D eigenvalue weighted by Crippen LogP contribution is 2.42. The number of hydrogen-bond donors (Lipinski definition) is 1. The monoisotopic (exact) mass is 266 g/mol. The lowest BCUT2D eigenvalue weighted by Crippen LogP contribution is -2.42.